The molecule has 0 radical (unpaired) electrons. The first kappa shape index (κ1) is 13.8. The second-order valence-electron chi connectivity index (χ2n) is 3.24. The topological polar surface area (TPSA) is 20.2 Å². The SMILES string of the molecule is CCCCCCC(C)C.OCl. The summed E-state index contributed by atoms with van der Waals surface area (Å²) >= 11 is 3.64. The first-order chi connectivity index (χ1) is 5.27. The van der Waals surface area contributed by atoms with Gasteiger partial charge < -0.3 is 0 Å². The molecule has 1 N–H and O–H groups in total. The van der Waals surface area contributed by atoms with Crippen molar-refractivity contribution < 1.29 is 4.66 Å². The summed E-state index contributed by atoms with van der Waals surface area (Å²) in [5.74, 6) is 0.904. The van der Waals surface area contributed by atoms with E-state index in [1.54, 1.807) is 0 Å². The number of rotatable bonds is 5. The normalized spacial score (nSPS) is 9.27. The van der Waals surface area contributed by atoms with Crippen LogP contribution in [-0.4, -0.2) is 4.66 Å². The first-order valence-corrected chi connectivity index (χ1v) is 4.78. The fourth-order valence-electron chi connectivity index (χ4n) is 0.979. The van der Waals surface area contributed by atoms with Crippen molar-refractivity contribution in [1.82, 2.24) is 0 Å². The second-order valence-corrected chi connectivity index (χ2v) is 3.24. The Labute approximate surface area is 75.9 Å². The molecule has 11 heavy (non-hydrogen) atoms. The van der Waals surface area contributed by atoms with Crippen LogP contribution in [0.1, 0.15) is 52.9 Å². The van der Waals surface area contributed by atoms with Gasteiger partial charge in [-0.1, -0.05) is 52.9 Å². The van der Waals surface area contributed by atoms with Gasteiger partial charge in [-0.15, -0.1) is 0 Å². The molecule has 0 saturated carbocycles. The van der Waals surface area contributed by atoms with Crippen LogP contribution in [0.25, 0.3) is 0 Å². The molecule has 0 aromatic rings. The first-order valence-electron chi connectivity index (χ1n) is 4.44. The van der Waals surface area contributed by atoms with Crippen molar-refractivity contribution in [1.29, 1.82) is 0 Å². The van der Waals surface area contributed by atoms with Gasteiger partial charge in [-0.25, -0.2) is 0 Å². The van der Waals surface area contributed by atoms with Crippen LogP contribution in [0, 0.1) is 5.92 Å². The molecule has 1 nitrogen and oxygen atoms in total. The lowest BCUT2D eigenvalue weighted by molar-refractivity contribution is 0.525. The molecular weight excluding hydrogens is 160 g/mol. The van der Waals surface area contributed by atoms with Crippen molar-refractivity contribution in [3.05, 3.63) is 0 Å². The van der Waals surface area contributed by atoms with E-state index in [-0.39, 0.29) is 0 Å². The Bertz CT molecular complexity index is 55.5. The lowest BCUT2D eigenvalue weighted by Gasteiger charge is -2.01. The molecule has 0 aromatic heterocycles. The number of halogens is 1. The molecule has 2 heteroatoms. The molecule has 0 bridgehead atoms. The van der Waals surface area contributed by atoms with Crippen molar-refractivity contribution in [3.63, 3.8) is 0 Å². The van der Waals surface area contributed by atoms with Gasteiger partial charge in [-0.2, -0.15) is 0 Å². The Kier molecular flexibility index (Phi) is 16.2. The summed E-state index contributed by atoms with van der Waals surface area (Å²) in [4.78, 5) is 0. The predicted molar refractivity (Wildman–Crippen MR) is 51.7 cm³/mol. The highest BCUT2D eigenvalue weighted by Gasteiger charge is 1.91. The fraction of sp³-hybridized carbons (Fsp3) is 1.00. The summed E-state index contributed by atoms with van der Waals surface area (Å²) in [6, 6.07) is 0. The van der Waals surface area contributed by atoms with Gasteiger partial charge in [0.15, 0.2) is 0 Å². The number of hydrogen-bond acceptors (Lipinski definition) is 1. The minimum atomic E-state index is 0.904. The van der Waals surface area contributed by atoms with Gasteiger partial charge in [-0.3, -0.25) is 4.66 Å². The summed E-state index contributed by atoms with van der Waals surface area (Å²) in [5.41, 5.74) is 0. The molecule has 0 rings (SSSR count). The third-order valence-corrected chi connectivity index (χ3v) is 1.64. The van der Waals surface area contributed by atoms with Crippen LogP contribution in [0.3, 0.4) is 0 Å². The zero-order valence-electron chi connectivity index (χ0n) is 7.94. The van der Waals surface area contributed by atoms with E-state index in [1.807, 2.05) is 0 Å². The van der Waals surface area contributed by atoms with E-state index in [0.29, 0.717) is 0 Å². The Morgan fingerprint density at radius 2 is 1.64 bits per heavy atom. The van der Waals surface area contributed by atoms with E-state index < -0.39 is 0 Å². The second kappa shape index (κ2) is 12.9. The van der Waals surface area contributed by atoms with Gasteiger partial charge in [-0.05, 0) is 5.92 Å². The van der Waals surface area contributed by atoms with E-state index in [4.69, 9.17) is 4.66 Å². The van der Waals surface area contributed by atoms with Crippen molar-refractivity contribution >= 4 is 11.9 Å². The van der Waals surface area contributed by atoms with Gasteiger partial charge >= 0.3 is 0 Å². The van der Waals surface area contributed by atoms with E-state index >= 15 is 0 Å². The monoisotopic (exact) mass is 180 g/mol. The molecule has 0 aliphatic carbocycles. The minimum Gasteiger partial charge on any atom is -0.295 e. The quantitative estimate of drug-likeness (QED) is 0.639. The molecule has 0 saturated heterocycles. The molecule has 0 spiro atoms. The standard InChI is InChI=1S/C9H20.ClHO/c1-4-5-6-7-8-9(2)3;1-2/h9H,4-8H2,1-3H3;2H. The average Bonchev–Trinajstić information content (AvgIpc) is 2.02. The van der Waals surface area contributed by atoms with Crippen LogP contribution in [0.2, 0.25) is 0 Å². The average molecular weight is 181 g/mol. The van der Waals surface area contributed by atoms with Crippen LogP contribution in [0.15, 0.2) is 0 Å². The van der Waals surface area contributed by atoms with Crippen LogP contribution < -0.4 is 0 Å². The lowest BCUT2D eigenvalue weighted by Crippen LogP contribution is -1.86. The maximum atomic E-state index is 6.47. The van der Waals surface area contributed by atoms with Gasteiger partial charge in [0.05, 0.1) is 11.9 Å². The highest BCUT2D eigenvalue weighted by Crippen LogP contribution is 2.08. The maximum Gasteiger partial charge on any atom is 0.0579 e. The zero-order chi connectivity index (χ0) is 9.11. The molecule has 70 valence electrons. The minimum absolute atomic E-state index is 0.904. The third-order valence-electron chi connectivity index (χ3n) is 1.64. The molecule has 0 atom stereocenters. The molecule has 0 aromatic carbocycles. The summed E-state index contributed by atoms with van der Waals surface area (Å²) in [6.07, 6.45) is 7.07. The Hall–Kier alpha value is 0.250. The maximum absolute atomic E-state index is 6.47. The van der Waals surface area contributed by atoms with Crippen LogP contribution in [-0.2, 0) is 0 Å². The van der Waals surface area contributed by atoms with Crippen molar-refractivity contribution in [2.24, 2.45) is 5.92 Å². The van der Waals surface area contributed by atoms with E-state index in [1.165, 1.54) is 32.1 Å². The van der Waals surface area contributed by atoms with Crippen LogP contribution in [0.4, 0.5) is 0 Å². The van der Waals surface area contributed by atoms with Gasteiger partial charge in [0, 0.05) is 0 Å². The summed E-state index contributed by atoms with van der Waals surface area (Å²) in [7, 11) is 0. The number of unbranched alkanes of at least 4 members (excludes halogenated alkanes) is 3. The Balaban J connectivity index is 0. The van der Waals surface area contributed by atoms with E-state index in [0.717, 1.165) is 5.92 Å². The molecule has 0 aliphatic heterocycles. The molecular formula is C9H21ClO. The van der Waals surface area contributed by atoms with E-state index in [9.17, 15) is 0 Å². The van der Waals surface area contributed by atoms with Crippen molar-refractivity contribution in [2.75, 3.05) is 0 Å². The van der Waals surface area contributed by atoms with E-state index in [2.05, 4.69) is 32.6 Å². The largest absolute Gasteiger partial charge is 0.295 e. The molecule has 0 aliphatic rings. The van der Waals surface area contributed by atoms with Crippen molar-refractivity contribution in [3.8, 4) is 0 Å². The molecule has 0 fully saturated rings. The summed E-state index contributed by atoms with van der Waals surface area (Å²) in [6.45, 7) is 6.85. The Morgan fingerprint density at radius 3 is 2.00 bits per heavy atom. The zero-order valence-corrected chi connectivity index (χ0v) is 8.69. The van der Waals surface area contributed by atoms with Gasteiger partial charge in [0.1, 0.15) is 0 Å². The van der Waals surface area contributed by atoms with Crippen LogP contribution in [0.5, 0.6) is 0 Å². The predicted octanol–water partition coefficient (Wildman–Crippen LogP) is 3.75. The highest BCUT2D eigenvalue weighted by molar-refractivity contribution is 6.04. The summed E-state index contributed by atoms with van der Waals surface area (Å²) in [5, 5.41) is 0. The molecule has 0 amide bonds. The third kappa shape index (κ3) is 17.9. The number of hydrogen-bond donors (Lipinski definition) is 1. The lowest BCUT2D eigenvalue weighted by atomic mass is 10.1. The fourth-order valence-corrected chi connectivity index (χ4v) is 0.979. The van der Waals surface area contributed by atoms with Crippen LogP contribution >= 0.6 is 11.9 Å². The van der Waals surface area contributed by atoms with Gasteiger partial charge in [0.2, 0.25) is 0 Å². The van der Waals surface area contributed by atoms with Crippen molar-refractivity contribution in [2.45, 2.75) is 52.9 Å². The summed E-state index contributed by atoms with van der Waals surface area (Å²) < 4.78 is 6.47. The van der Waals surface area contributed by atoms with Gasteiger partial charge in [0.25, 0.3) is 0 Å². The smallest absolute Gasteiger partial charge is 0.0579 e. The molecule has 0 unspecified atom stereocenters. The Morgan fingerprint density at radius 1 is 1.09 bits per heavy atom. The highest BCUT2D eigenvalue weighted by atomic mass is 35.5. The molecule has 0 heterocycles.